The summed E-state index contributed by atoms with van der Waals surface area (Å²) in [7, 11) is 0. The summed E-state index contributed by atoms with van der Waals surface area (Å²) >= 11 is 1.75. The van der Waals surface area contributed by atoms with Crippen LogP contribution in [0.15, 0.2) is 35.6 Å². The topological polar surface area (TPSA) is 65.4 Å². The first-order valence-corrected chi connectivity index (χ1v) is 10.2. The smallest absolute Gasteiger partial charge is 0.191 e. The van der Waals surface area contributed by atoms with Gasteiger partial charge in [0.25, 0.3) is 0 Å². The second kappa shape index (κ2) is 9.52. The lowest BCUT2D eigenvalue weighted by Crippen LogP contribution is -2.49. The van der Waals surface area contributed by atoms with Gasteiger partial charge < -0.3 is 15.5 Å². The second-order valence-electron chi connectivity index (χ2n) is 6.47. The summed E-state index contributed by atoms with van der Waals surface area (Å²) in [6.07, 6.45) is 6.87. The number of pyridine rings is 1. The Hall–Kier alpha value is -2.15. The molecule has 3 heterocycles. The van der Waals surface area contributed by atoms with Gasteiger partial charge in [0.15, 0.2) is 5.96 Å². The second-order valence-corrected chi connectivity index (χ2v) is 7.79. The Labute approximate surface area is 159 Å². The van der Waals surface area contributed by atoms with Crippen LogP contribution in [0.2, 0.25) is 0 Å². The van der Waals surface area contributed by atoms with Gasteiger partial charge in [0.05, 0.1) is 5.01 Å². The van der Waals surface area contributed by atoms with Gasteiger partial charge in [0.1, 0.15) is 5.82 Å². The maximum Gasteiger partial charge on any atom is 0.191 e. The highest BCUT2D eigenvalue weighted by atomic mass is 32.1. The summed E-state index contributed by atoms with van der Waals surface area (Å²) < 4.78 is 0. The zero-order valence-electron chi connectivity index (χ0n) is 15.6. The Bertz CT molecular complexity index is 691. The molecule has 0 spiro atoms. The Morgan fingerprint density at radius 3 is 2.81 bits per heavy atom. The van der Waals surface area contributed by atoms with E-state index in [4.69, 9.17) is 4.99 Å². The van der Waals surface area contributed by atoms with E-state index in [1.807, 2.05) is 24.5 Å². The van der Waals surface area contributed by atoms with Crippen LogP contribution >= 0.6 is 11.3 Å². The molecule has 2 aromatic rings. The summed E-state index contributed by atoms with van der Waals surface area (Å²) in [4.78, 5) is 17.2. The van der Waals surface area contributed by atoms with Crippen molar-refractivity contribution >= 4 is 23.1 Å². The van der Waals surface area contributed by atoms with E-state index in [0.29, 0.717) is 6.04 Å². The third kappa shape index (κ3) is 5.42. The number of hydrogen-bond acceptors (Lipinski definition) is 5. The number of rotatable bonds is 6. The lowest BCUT2D eigenvalue weighted by atomic mass is 10.1. The number of aryl methyl sites for hydroxylation is 1. The first kappa shape index (κ1) is 18.6. The molecule has 140 valence electrons. The first-order valence-electron chi connectivity index (χ1n) is 9.36. The van der Waals surface area contributed by atoms with Gasteiger partial charge in [-0.1, -0.05) is 6.07 Å². The molecule has 1 aliphatic rings. The minimum Gasteiger partial charge on any atom is -0.357 e. The normalized spacial score (nSPS) is 15.9. The predicted molar refractivity (Wildman–Crippen MR) is 109 cm³/mol. The fourth-order valence-corrected chi connectivity index (χ4v) is 3.86. The van der Waals surface area contributed by atoms with E-state index in [2.05, 4.69) is 45.4 Å². The first-order chi connectivity index (χ1) is 12.7. The van der Waals surface area contributed by atoms with E-state index < -0.39 is 0 Å². The highest BCUT2D eigenvalue weighted by Gasteiger charge is 2.20. The maximum absolute atomic E-state index is 4.72. The molecule has 0 aromatic carbocycles. The molecule has 0 radical (unpaired) electrons. The molecule has 0 unspecified atom stereocenters. The molecule has 6 nitrogen and oxygen atoms in total. The van der Waals surface area contributed by atoms with Crippen molar-refractivity contribution in [1.82, 2.24) is 20.6 Å². The molecule has 7 heteroatoms. The monoisotopic (exact) mass is 372 g/mol. The van der Waals surface area contributed by atoms with Crippen LogP contribution in [0.4, 0.5) is 5.82 Å². The molecule has 1 fully saturated rings. The summed E-state index contributed by atoms with van der Waals surface area (Å²) in [6.45, 7) is 7.86. The van der Waals surface area contributed by atoms with Gasteiger partial charge in [-0.2, -0.15) is 0 Å². The van der Waals surface area contributed by atoms with Crippen LogP contribution in [-0.2, 0) is 6.42 Å². The third-order valence-electron chi connectivity index (χ3n) is 4.42. The van der Waals surface area contributed by atoms with Crippen LogP contribution in [0.3, 0.4) is 0 Å². The van der Waals surface area contributed by atoms with Gasteiger partial charge in [-0.15, -0.1) is 11.3 Å². The number of hydrogen-bond donors (Lipinski definition) is 2. The summed E-state index contributed by atoms with van der Waals surface area (Å²) in [5.74, 6) is 1.99. The average Bonchev–Trinajstić information content (AvgIpc) is 3.08. The predicted octanol–water partition coefficient (Wildman–Crippen LogP) is 2.61. The molecular weight excluding hydrogens is 344 g/mol. The lowest BCUT2D eigenvalue weighted by molar-refractivity contribution is 0.459. The van der Waals surface area contributed by atoms with Gasteiger partial charge in [-0.05, 0) is 38.8 Å². The molecule has 0 amide bonds. The molecule has 3 rings (SSSR count). The zero-order chi connectivity index (χ0) is 18.2. The Kier molecular flexibility index (Phi) is 6.82. The minimum absolute atomic E-state index is 0.454. The standard InChI is InChI=1S/C19H28N6S/c1-3-20-19(22-11-7-18-23-14-15(2)26-18)24-16-8-12-25(13-9-16)17-6-4-5-10-21-17/h4-6,10,14,16H,3,7-9,11-13H2,1-2H3,(H2,20,22,24). The molecule has 0 saturated carbocycles. The van der Waals surface area contributed by atoms with Crippen molar-refractivity contribution in [1.29, 1.82) is 0 Å². The van der Waals surface area contributed by atoms with Gasteiger partial charge in [-0.25, -0.2) is 9.97 Å². The Morgan fingerprint density at radius 2 is 2.15 bits per heavy atom. The lowest BCUT2D eigenvalue weighted by Gasteiger charge is -2.33. The number of aliphatic imine (C=N–C) groups is 1. The molecule has 2 N–H and O–H groups in total. The van der Waals surface area contributed by atoms with E-state index in [9.17, 15) is 0 Å². The molecule has 0 aliphatic carbocycles. The van der Waals surface area contributed by atoms with Crippen LogP contribution in [0.1, 0.15) is 29.7 Å². The quantitative estimate of drug-likeness (QED) is 0.603. The van der Waals surface area contributed by atoms with Crippen molar-refractivity contribution < 1.29 is 0 Å². The molecule has 0 bridgehead atoms. The molecule has 1 saturated heterocycles. The van der Waals surface area contributed by atoms with E-state index in [0.717, 1.165) is 62.2 Å². The highest BCUT2D eigenvalue weighted by Crippen LogP contribution is 2.17. The van der Waals surface area contributed by atoms with E-state index >= 15 is 0 Å². The fraction of sp³-hybridized carbons (Fsp3) is 0.526. The van der Waals surface area contributed by atoms with Crippen LogP contribution in [0.5, 0.6) is 0 Å². The minimum atomic E-state index is 0.454. The molecule has 0 atom stereocenters. The molecule has 1 aliphatic heterocycles. The maximum atomic E-state index is 4.72. The van der Waals surface area contributed by atoms with Crippen molar-refractivity contribution in [2.45, 2.75) is 39.2 Å². The van der Waals surface area contributed by atoms with Gasteiger partial charge in [0, 0.05) is 55.9 Å². The van der Waals surface area contributed by atoms with Crippen molar-refractivity contribution in [3.63, 3.8) is 0 Å². The van der Waals surface area contributed by atoms with Crippen LogP contribution in [-0.4, -0.2) is 48.1 Å². The summed E-state index contributed by atoms with van der Waals surface area (Å²) in [5.41, 5.74) is 0. The summed E-state index contributed by atoms with van der Waals surface area (Å²) in [6, 6.07) is 6.55. The molecule has 26 heavy (non-hydrogen) atoms. The largest absolute Gasteiger partial charge is 0.357 e. The van der Waals surface area contributed by atoms with Crippen molar-refractivity contribution in [3.05, 3.63) is 40.5 Å². The number of anilines is 1. The SMILES string of the molecule is CCNC(=NCCc1ncc(C)s1)NC1CCN(c2ccccn2)CC1. The number of aromatic nitrogens is 2. The summed E-state index contributed by atoms with van der Waals surface area (Å²) in [5, 5.41) is 8.11. The van der Waals surface area contributed by atoms with Gasteiger partial charge in [0.2, 0.25) is 0 Å². The third-order valence-corrected chi connectivity index (χ3v) is 5.39. The fourth-order valence-electron chi connectivity index (χ4n) is 3.09. The number of piperidine rings is 1. The van der Waals surface area contributed by atoms with Crippen LogP contribution in [0.25, 0.3) is 0 Å². The average molecular weight is 373 g/mol. The van der Waals surface area contributed by atoms with Crippen molar-refractivity contribution in [2.75, 3.05) is 31.1 Å². The molecular formula is C19H28N6S. The van der Waals surface area contributed by atoms with Crippen molar-refractivity contribution in [3.8, 4) is 0 Å². The van der Waals surface area contributed by atoms with E-state index in [1.165, 1.54) is 4.88 Å². The van der Waals surface area contributed by atoms with Gasteiger partial charge >= 0.3 is 0 Å². The van der Waals surface area contributed by atoms with Crippen LogP contribution in [0, 0.1) is 6.92 Å². The Balaban J connectivity index is 1.48. The number of nitrogens with one attached hydrogen (secondary N) is 2. The van der Waals surface area contributed by atoms with Crippen molar-refractivity contribution in [2.24, 2.45) is 4.99 Å². The highest BCUT2D eigenvalue weighted by molar-refractivity contribution is 7.11. The number of thiazole rings is 1. The number of guanidine groups is 1. The van der Waals surface area contributed by atoms with Crippen LogP contribution < -0.4 is 15.5 Å². The number of nitrogens with zero attached hydrogens (tertiary/aromatic N) is 4. The molecule has 2 aromatic heterocycles. The van der Waals surface area contributed by atoms with Gasteiger partial charge in [-0.3, -0.25) is 4.99 Å². The Morgan fingerprint density at radius 1 is 1.31 bits per heavy atom. The zero-order valence-corrected chi connectivity index (χ0v) is 16.4. The van der Waals surface area contributed by atoms with E-state index in [1.54, 1.807) is 11.3 Å². The van der Waals surface area contributed by atoms with E-state index in [-0.39, 0.29) is 0 Å².